The summed E-state index contributed by atoms with van der Waals surface area (Å²) in [5, 5.41) is 3.08. The zero-order chi connectivity index (χ0) is 17.9. The quantitative estimate of drug-likeness (QED) is 0.831. The predicted octanol–water partition coefficient (Wildman–Crippen LogP) is 3.46. The van der Waals surface area contributed by atoms with Crippen molar-refractivity contribution in [2.24, 2.45) is 0 Å². The van der Waals surface area contributed by atoms with Crippen molar-refractivity contribution in [1.82, 2.24) is 10.2 Å². The Morgan fingerprint density at radius 2 is 1.88 bits per heavy atom. The van der Waals surface area contributed by atoms with Crippen LogP contribution in [0.4, 0.5) is 0 Å². The van der Waals surface area contributed by atoms with Gasteiger partial charge >= 0.3 is 0 Å². The van der Waals surface area contributed by atoms with Crippen LogP contribution in [0.5, 0.6) is 5.75 Å². The van der Waals surface area contributed by atoms with E-state index in [9.17, 15) is 4.79 Å². The minimum absolute atomic E-state index is 0.108. The Kier molecular flexibility index (Phi) is 4.93. The van der Waals surface area contributed by atoms with Gasteiger partial charge in [-0.1, -0.05) is 36.4 Å². The number of nitrogens with zero attached hydrogens (tertiary/aromatic N) is 1. The van der Waals surface area contributed by atoms with E-state index in [2.05, 4.69) is 34.5 Å². The van der Waals surface area contributed by atoms with Gasteiger partial charge in [0.05, 0.1) is 13.7 Å². The summed E-state index contributed by atoms with van der Waals surface area (Å²) in [6.07, 6.45) is 4.67. The second kappa shape index (κ2) is 7.50. The SMILES string of the molecule is COc1ccc(CNC(=O)CN(C2CC2)C2CCc3ccccc32)cc1. The molecule has 1 N–H and O–H groups in total. The third-order valence-corrected chi connectivity index (χ3v) is 5.49. The fraction of sp³-hybridized carbons (Fsp3) is 0.409. The van der Waals surface area contributed by atoms with Crippen molar-refractivity contribution in [3.8, 4) is 5.75 Å². The highest BCUT2D eigenvalue weighted by Gasteiger charge is 2.38. The van der Waals surface area contributed by atoms with E-state index in [4.69, 9.17) is 4.74 Å². The average Bonchev–Trinajstić information content (AvgIpc) is 3.44. The highest BCUT2D eigenvalue weighted by atomic mass is 16.5. The molecule has 0 aromatic heterocycles. The van der Waals surface area contributed by atoms with Crippen LogP contribution >= 0.6 is 0 Å². The standard InChI is InChI=1S/C22H26N2O2/c1-26-19-11-6-16(7-12-19)14-23-22(25)15-24(18-9-10-18)21-13-8-17-4-2-3-5-20(17)21/h2-7,11-12,18,21H,8-10,13-15H2,1H3,(H,23,25). The fourth-order valence-electron chi connectivity index (χ4n) is 3.94. The van der Waals surface area contributed by atoms with Crippen LogP contribution in [0, 0.1) is 0 Å². The predicted molar refractivity (Wildman–Crippen MR) is 102 cm³/mol. The topological polar surface area (TPSA) is 41.6 Å². The van der Waals surface area contributed by atoms with Crippen molar-refractivity contribution in [2.45, 2.75) is 44.3 Å². The third-order valence-electron chi connectivity index (χ3n) is 5.49. The van der Waals surface area contributed by atoms with Gasteiger partial charge in [-0.15, -0.1) is 0 Å². The zero-order valence-corrected chi connectivity index (χ0v) is 15.3. The normalized spacial score (nSPS) is 18.6. The Balaban J connectivity index is 1.37. The van der Waals surface area contributed by atoms with Crippen LogP contribution in [0.25, 0.3) is 0 Å². The van der Waals surface area contributed by atoms with Crippen LogP contribution in [0.3, 0.4) is 0 Å². The van der Waals surface area contributed by atoms with Crippen LogP contribution in [-0.2, 0) is 17.8 Å². The molecular weight excluding hydrogens is 324 g/mol. The lowest BCUT2D eigenvalue weighted by atomic mass is 10.1. The van der Waals surface area contributed by atoms with Crippen LogP contribution in [0.1, 0.15) is 42.0 Å². The number of rotatable bonds is 7. The molecule has 4 rings (SSSR count). The largest absolute Gasteiger partial charge is 0.497 e. The second-order valence-electron chi connectivity index (χ2n) is 7.28. The molecule has 2 aromatic carbocycles. The molecule has 1 amide bonds. The molecule has 0 saturated heterocycles. The molecule has 0 aliphatic heterocycles. The van der Waals surface area contributed by atoms with E-state index in [0.29, 0.717) is 25.2 Å². The molecule has 1 unspecified atom stereocenters. The van der Waals surface area contributed by atoms with E-state index >= 15 is 0 Å². The first-order valence-electron chi connectivity index (χ1n) is 9.48. The van der Waals surface area contributed by atoms with Gasteiger partial charge in [-0.25, -0.2) is 0 Å². The lowest BCUT2D eigenvalue weighted by Gasteiger charge is -2.29. The molecular formula is C22H26N2O2. The molecule has 0 spiro atoms. The highest BCUT2D eigenvalue weighted by molar-refractivity contribution is 5.78. The molecule has 2 aliphatic rings. The fourth-order valence-corrected chi connectivity index (χ4v) is 3.94. The first-order valence-corrected chi connectivity index (χ1v) is 9.48. The van der Waals surface area contributed by atoms with E-state index in [1.165, 1.54) is 24.0 Å². The lowest BCUT2D eigenvalue weighted by Crippen LogP contribution is -2.39. The number of benzene rings is 2. The number of amides is 1. The number of ether oxygens (including phenoxy) is 1. The van der Waals surface area contributed by atoms with Gasteiger partial charge in [-0.2, -0.15) is 0 Å². The van der Waals surface area contributed by atoms with Crippen LogP contribution in [0.2, 0.25) is 0 Å². The highest BCUT2D eigenvalue weighted by Crippen LogP contribution is 2.41. The summed E-state index contributed by atoms with van der Waals surface area (Å²) in [7, 11) is 1.66. The summed E-state index contributed by atoms with van der Waals surface area (Å²) in [4.78, 5) is 15.0. The first-order chi connectivity index (χ1) is 12.7. The second-order valence-corrected chi connectivity index (χ2v) is 7.28. The number of hydrogen-bond donors (Lipinski definition) is 1. The maximum atomic E-state index is 12.6. The van der Waals surface area contributed by atoms with Crippen LogP contribution in [-0.4, -0.2) is 30.5 Å². The van der Waals surface area contributed by atoms with E-state index in [1.54, 1.807) is 7.11 Å². The molecule has 136 valence electrons. The summed E-state index contributed by atoms with van der Waals surface area (Å²) < 4.78 is 5.17. The number of nitrogens with one attached hydrogen (secondary N) is 1. The molecule has 0 radical (unpaired) electrons. The molecule has 1 atom stereocenters. The molecule has 0 heterocycles. The van der Waals surface area contributed by atoms with Crippen molar-refractivity contribution >= 4 is 5.91 Å². The third kappa shape index (κ3) is 3.75. The van der Waals surface area contributed by atoms with Gasteiger partial charge in [0, 0.05) is 18.6 Å². The van der Waals surface area contributed by atoms with Crippen molar-refractivity contribution < 1.29 is 9.53 Å². The number of aryl methyl sites for hydroxylation is 1. The van der Waals surface area contributed by atoms with Crippen molar-refractivity contribution in [3.05, 3.63) is 65.2 Å². The Bertz CT molecular complexity index is 768. The number of hydrogen-bond acceptors (Lipinski definition) is 3. The number of fused-ring (bicyclic) bond motifs is 1. The van der Waals surface area contributed by atoms with Gasteiger partial charge in [-0.05, 0) is 54.5 Å². The molecule has 2 aliphatic carbocycles. The van der Waals surface area contributed by atoms with Gasteiger partial charge in [0.2, 0.25) is 5.91 Å². The minimum atomic E-state index is 0.108. The minimum Gasteiger partial charge on any atom is -0.497 e. The Hall–Kier alpha value is -2.33. The molecule has 26 heavy (non-hydrogen) atoms. The first kappa shape index (κ1) is 17.1. The summed E-state index contributed by atoms with van der Waals surface area (Å²) in [5.74, 6) is 0.942. The van der Waals surface area contributed by atoms with Gasteiger partial charge in [-0.3, -0.25) is 9.69 Å². The molecule has 4 heteroatoms. The Labute approximate surface area is 155 Å². The Morgan fingerprint density at radius 3 is 2.62 bits per heavy atom. The smallest absolute Gasteiger partial charge is 0.234 e. The Morgan fingerprint density at radius 1 is 1.12 bits per heavy atom. The van der Waals surface area contributed by atoms with Gasteiger partial charge in [0.1, 0.15) is 5.75 Å². The summed E-state index contributed by atoms with van der Waals surface area (Å²) in [5.41, 5.74) is 3.95. The van der Waals surface area contributed by atoms with E-state index < -0.39 is 0 Å². The van der Waals surface area contributed by atoms with Gasteiger partial charge < -0.3 is 10.1 Å². The molecule has 1 saturated carbocycles. The van der Waals surface area contributed by atoms with Crippen LogP contribution in [0.15, 0.2) is 48.5 Å². The molecule has 4 nitrogen and oxygen atoms in total. The van der Waals surface area contributed by atoms with E-state index in [0.717, 1.165) is 24.2 Å². The molecule has 0 bridgehead atoms. The van der Waals surface area contributed by atoms with Gasteiger partial charge in [0.25, 0.3) is 0 Å². The van der Waals surface area contributed by atoms with E-state index in [1.807, 2.05) is 24.3 Å². The molecule has 1 fully saturated rings. The summed E-state index contributed by atoms with van der Waals surface area (Å²) in [6.45, 7) is 1.04. The molecule has 2 aromatic rings. The number of methoxy groups -OCH3 is 1. The lowest BCUT2D eigenvalue weighted by molar-refractivity contribution is -0.123. The number of carbonyl (C=O) groups is 1. The van der Waals surface area contributed by atoms with E-state index in [-0.39, 0.29) is 5.91 Å². The zero-order valence-electron chi connectivity index (χ0n) is 15.3. The number of carbonyl (C=O) groups excluding carboxylic acids is 1. The summed E-state index contributed by atoms with van der Waals surface area (Å²) in [6, 6.07) is 17.5. The summed E-state index contributed by atoms with van der Waals surface area (Å²) >= 11 is 0. The maximum Gasteiger partial charge on any atom is 0.234 e. The maximum absolute atomic E-state index is 12.6. The van der Waals surface area contributed by atoms with Crippen molar-refractivity contribution in [2.75, 3.05) is 13.7 Å². The average molecular weight is 350 g/mol. The van der Waals surface area contributed by atoms with Gasteiger partial charge in [0.15, 0.2) is 0 Å². The van der Waals surface area contributed by atoms with Crippen LogP contribution < -0.4 is 10.1 Å². The van der Waals surface area contributed by atoms with Crippen molar-refractivity contribution in [1.29, 1.82) is 0 Å². The monoisotopic (exact) mass is 350 g/mol. The van der Waals surface area contributed by atoms with Crippen molar-refractivity contribution in [3.63, 3.8) is 0 Å².